The van der Waals surface area contributed by atoms with Crippen molar-refractivity contribution in [2.45, 2.75) is 24.7 Å². The number of nitrogens with one attached hydrogen (secondary N) is 1. The SMILES string of the molecule is CCC(c1ccc(F)c(C(OC)c2c[nH]c3ncc(OC)cc23)c1F)S(N)(=O)=O. The molecule has 0 saturated heterocycles. The summed E-state index contributed by atoms with van der Waals surface area (Å²) in [6.45, 7) is 1.56. The molecule has 2 aromatic heterocycles. The molecule has 3 rings (SSSR count). The topological polar surface area (TPSA) is 107 Å². The van der Waals surface area contributed by atoms with Crippen molar-refractivity contribution < 1.29 is 26.7 Å². The molecule has 0 saturated carbocycles. The molecule has 0 fully saturated rings. The summed E-state index contributed by atoms with van der Waals surface area (Å²) >= 11 is 0. The molecule has 2 heterocycles. The summed E-state index contributed by atoms with van der Waals surface area (Å²) in [6.07, 6.45) is 1.92. The minimum atomic E-state index is -4.09. The van der Waals surface area contributed by atoms with Crippen molar-refractivity contribution in [2.24, 2.45) is 5.14 Å². The van der Waals surface area contributed by atoms with Crippen molar-refractivity contribution >= 4 is 21.1 Å². The van der Waals surface area contributed by atoms with E-state index in [1.807, 2.05) is 0 Å². The van der Waals surface area contributed by atoms with Gasteiger partial charge in [-0.25, -0.2) is 27.3 Å². The maximum atomic E-state index is 15.4. The highest BCUT2D eigenvalue weighted by Gasteiger charge is 2.31. The molecule has 1 aromatic carbocycles. The van der Waals surface area contributed by atoms with Crippen LogP contribution in [-0.2, 0) is 14.8 Å². The second-order valence-corrected chi connectivity index (χ2v) is 8.23. The van der Waals surface area contributed by atoms with Crippen molar-refractivity contribution in [2.75, 3.05) is 14.2 Å². The maximum Gasteiger partial charge on any atom is 0.216 e. The summed E-state index contributed by atoms with van der Waals surface area (Å²) < 4.78 is 64.5. The smallest absolute Gasteiger partial charge is 0.216 e. The monoisotopic (exact) mass is 425 g/mol. The molecule has 0 aliphatic carbocycles. The van der Waals surface area contributed by atoms with E-state index in [4.69, 9.17) is 14.6 Å². The number of H-pyrrole nitrogens is 1. The lowest BCUT2D eigenvalue weighted by Crippen LogP contribution is -2.23. The van der Waals surface area contributed by atoms with Gasteiger partial charge in [-0.15, -0.1) is 0 Å². The first-order valence-corrected chi connectivity index (χ1v) is 10.4. The van der Waals surface area contributed by atoms with Gasteiger partial charge in [0, 0.05) is 29.8 Å². The van der Waals surface area contributed by atoms with Gasteiger partial charge in [0.2, 0.25) is 10.0 Å². The van der Waals surface area contributed by atoms with Crippen molar-refractivity contribution in [1.29, 1.82) is 0 Å². The summed E-state index contributed by atoms with van der Waals surface area (Å²) in [5.41, 5.74) is 0.295. The molecule has 7 nitrogen and oxygen atoms in total. The maximum absolute atomic E-state index is 15.4. The molecule has 3 N–H and O–H groups in total. The third-order valence-corrected chi connectivity index (χ3v) is 6.21. The Bertz CT molecular complexity index is 1150. The summed E-state index contributed by atoms with van der Waals surface area (Å²) in [7, 11) is -1.30. The number of sulfonamides is 1. The van der Waals surface area contributed by atoms with Crippen LogP contribution >= 0.6 is 0 Å². The molecule has 2 unspecified atom stereocenters. The number of pyridine rings is 1. The van der Waals surface area contributed by atoms with Gasteiger partial charge >= 0.3 is 0 Å². The van der Waals surface area contributed by atoms with Gasteiger partial charge < -0.3 is 14.5 Å². The van der Waals surface area contributed by atoms with E-state index >= 15 is 4.39 Å². The Hall–Kier alpha value is -2.56. The number of nitrogens with zero attached hydrogens (tertiary/aromatic N) is 1. The Morgan fingerprint density at radius 1 is 1.24 bits per heavy atom. The summed E-state index contributed by atoms with van der Waals surface area (Å²) in [5.74, 6) is -1.42. The number of rotatable bonds is 7. The third-order valence-electron chi connectivity index (χ3n) is 4.82. The first kappa shape index (κ1) is 21.2. The van der Waals surface area contributed by atoms with Crippen molar-refractivity contribution in [3.05, 3.63) is 58.9 Å². The van der Waals surface area contributed by atoms with E-state index in [0.29, 0.717) is 22.3 Å². The van der Waals surface area contributed by atoms with Crippen LogP contribution in [0.3, 0.4) is 0 Å². The van der Waals surface area contributed by atoms with E-state index in [2.05, 4.69) is 9.97 Å². The molecule has 0 spiro atoms. The van der Waals surface area contributed by atoms with E-state index in [9.17, 15) is 12.8 Å². The number of fused-ring (bicyclic) bond motifs is 1. The van der Waals surface area contributed by atoms with Crippen molar-refractivity contribution in [3.8, 4) is 5.75 Å². The van der Waals surface area contributed by atoms with E-state index in [-0.39, 0.29) is 12.0 Å². The molecule has 10 heteroatoms. The Morgan fingerprint density at radius 3 is 2.55 bits per heavy atom. The second kappa shape index (κ2) is 8.05. The van der Waals surface area contributed by atoms with Gasteiger partial charge in [0.05, 0.1) is 18.9 Å². The fraction of sp³-hybridized carbons (Fsp3) is 0.316. The number of aromatic amines is 1. The van der Waals surface area contributed by atoms with Crippen molar-refractivity contribution in [1.82, 2.24) is 9.97 Å². The quantitative estimate of drug-likeness (QED) is 0.604. The van der Waals surface area contributed by atoms with Crippen LogP contribution in [0.2, 0.25) is 0 Å². The van der Waals surface area contributed by atoms with Gasteiger partial charge in [-0.05, 0) is 18.6 Å². The molecule has 156 valence electrons. The zero-order chi connectivity index (χ0) is 21.3. The molecule has 3 aromatic rings. The molecule has 0 amide bonds. The number of nitrogens with two attached hydrogens (primary N) is 1. The van der Waals surface area contributed by atoms with Gasteiger partial charge in [0.15, 0.2) is 0 Å². The molecule has 0 radical (unpaired) electrons. The summed E-state index contributed by atoms with van der Waals surface area (Å²) in [6, 6.07) is 3.78. The van der Waals surface area contributed by atoms with Crippen LogP contribution in [0.25, 0.3) is 11.0 Å². The van der Waals surface area contributed by atoms with E-state index < -0.39 is 38.6 Å². The van der Waals surface area contributed by atoms with Gasteiger partial charge in [0.1, 0.15) is 34.4 Å². The number of hydrogen-bond donors (Lipinski definition) is 2. The molecule has 2 atom stereocenters. The average Bonchev–Trinajstić information content (AvgIpc) is 3.09. The van der Waals surface area contributed by atoms with Gasteiger partial charge in [0.25, 0.3) is 0 Å². The van der Waals surface area contributed by atoms with Gasteiger partial charge in [-0.2, -0.15) is 0 Å². The van der Waals surface area contributed by atoms with Crippen LogP contribution in [0.15, 0.2) is 30.6 Å². The number of methoxy groups -OCH3 is 2. The lowest BCUT2D eigenvalue weighted by molar-refractivity contribution is 0.130. The number of benzene rings is 1. The van der Waals surface area contributed by atoms with E-state index in [0.717, 1.165) is 12.1 Å². The highest BCUT2D eigenvalue weighted by molar-refractivity contribution is 7.89. The third kappa shape index (κ3) is 3.83. The number of aromatic nitrogens is 2. The molecule has 29 heavy (non-hydrogen) atoms. The largest absolute Gasteiger partial charge is 0.495 e. The fourth-order valence-corrected chi connectivity index (χ4v) is 4.44. The minimum Gasteiger partial charge on any atom is -0.495 e. The van der Waals surface area contributed by atoms with Crippen LogP contribution in [0.4, 0.5) is 8.78 Å². The number of primary sulfonamides is 1. The molecule has 0 aliphatic rings. The summed E-state index contributed by atoms with van der Waals surface area (Å²) in [4.78, 5) is 7.13. The normalized spacial score (nSPS) is 14.1. The molecular formula is C19H21F2N3O4S. The van der Waals surface area contributed by atoms with Crippen LogP contribution in [0.1, 0.15) is 41.4 Å². The Balaban J connectivity index is 2.22. The Morgan fingerprint density at radius 2 is 1.97 bits per heavy atom. The lowest BCUT2D eigenvalue weighted by atomic mass is 9.96. The van der Waals surface area contributed by atoms with Crippen LogP contribution in [0.5, 0.6) is 5.75 Å². The Kier molecular flexibility index (Phi) is 5.87. The molecule has 0 bridgehead atoms. The predicted octanol–water partition coefficient (Wildman–Crippen LogP) is 3.33. The van der Waals surface area contributed by atoms with E-state index in [1.54, 1.807) is 13.0 Å². The fourth-order valence-electron chi connectivity index (χ4n) is 3.44. The first-order valence-electron chi connectivity index (χ1n) is 8.76. The standard InChI is InChI=1S/C19H21F2N3O4S/c1-4-15(29(22,25)26)11-5-6-14(20)16(17(11)21)18(28-3)13-9-24-19-12(13)7-10(27-2)8-23-19/h5-9,15,18H,4H2,1-3H3,(H,23,24)(H2,22,25,26). The van der Waals surface area contributed by atoms with E-state index in [1.165, 1.54) is 26.6 Å². The van der Waals surface area contributed by atoms with Crippen LogP contribution < -0.4 is 9.88 Å². The van der Waals surface area contributed by atoms with Crippen LogP contribution in [-0.4, -0.2) is 32.6 Å². The van der Waals surface area contributed by atoms with Crippen LogP contribution in [0, 0.1) is 11.6 Å². The first-order chi connectivity index (χ1) is 13.7. The Labute approximate surface area is 166 Å². The zero-order valence-corrected chi connectivity index (χ0v) is 16.9. The number of ether oxygens (including phenoxy) is 2. The number of halogens is 2. The highest BCUT2D eigenvalue weighted by atomic mass is 32.2. The lowest BCUT2D eigenvalue weighted by Gasteiger charge is -2.21. The van der Waals surface area contributed by atoms with Gasteiger partial charge in [-0.3, -0.25) is 0 Å². The van der Waals surface area contributed by atoms with Gasteiger partial charge in [-0.1, -0.05) is 13.0 Å². The number of hydrogen-bond acceptors (Lipinski definition) is 5. The highest BCUT2D eigenvalue weighted by Crippen LogP contribution is 2.38. The average molecular weight is 425 g/mol. The summed E-state index contributed by atoms with van der Waals surface area (Å²) in [5, 5.41) is 4.49. The second-order valence-electron chi connectivity index (χ2n) is 6.48. The van der Waals surface area contributed by atoms with Crippen molar-refractivity contribution in [3.63, 3.8) is 0 Å². The zero-order valence-electron chi connectivity index (χ0n) is 16.1. The predicted molar refractivity (Wildman–Crippen MR) is 104 cm³/mol. The molecular weight excluding hydrogens is 404 g/mol. The molecule has 0 aliphatic heterocycles. The minimum absolute atomic E-state index is 0.0344.